The van der Waals surface area contributed by atoms with Gasteiger partial charge in [-0.25, -0.2) is 4.40 Å². The van der Waals surface area contributed by atoms with Crippen LogP contribution in [0, 0.1) is 10.4 Å². The summed E-state index contributed by atoms with van der Waals surface area (Å²) in [6, 6.07) is 3.42. The van der Waals surface area contributed by atoms with Crippen LogP contribution in [0.4, 0.5) is 0 Å². The summed E-state index contributed by atoms with van der Waals surface area (Å²) >= 11 is 1.18. The number of aromatic hydroxyl groups is 1. The fraction of sp³-hybridized carbons (Fsp3) is 0. The highest BCUT2D eigenvalue weighted by Crippen LogP contribution is 2.34. The fourth-order valence-corrected chi connectivity index (χ4v) is 3.27. The van der Waals surface area contributed by atoms with E-state index in [4.69, 9.17) is 4.42 Å². The molecule has 9 heteroatoms. The van der Waals surface area contributed by atoms with Gasteiger partial charge in [0.15, 0.2) is 5.76 Å². The van der Waals surface area contributed by atoms with Crippen molar-refractivity contribution in [1.29, 1.82) is 0 Å². The lowest BCUT2D eigenvalue weighted by atomic mass is 10.1. The maximum atomic E-state index is 11.1. The van der Waals surface area contributed by atoms with E-state index >= 15 is 0 Å². The number of furan rings is 1. The smallest absolute Gasteiger partial charge is 0.230 e. The SMILES string of the molecule is [O-][N+]([O-])=C1C=CC=CC1=Cc1sc2nnc(-c3ccco3)n2c1O. The first-order chi connectivity index (χ1) is 11.6. The first-order valence-corrected chi connectivity index (χ1v) is 7.66. The van der Waals surface area contributed by atoms with Crippen molar-refractivity contribution in [2.75, 3.05) is 0 Å². The number of rotatable bonds is 2. The van der Waals surface area contributed by atoms with Crippen molar-refractivity contribution in [3.05, 3.63) is 63.6 Å². The Morgan fingerprint density at radius 2 is 2.08 bits per heavy atom. The summed E-state index contributed by atoms with van der Waals surface area (Å²) in [5.74, 6) is 0.739. The topological polar surface area (TPSA) is 113 Å². The predicted molar refractivity (Wildman–Crippen MR) is 88.5 cm³/mol. The van der Waals surface area contributed by atoms with Crippen molar-refractivity contribution in [3.63, 3.8) is 0 Å². The van der Waals surface area contributed by atoms with Crippen molar-refractivity contribution < 1.29 is 14.4 Å². The molecule has 3 heterocycles. The van der Waals surface area contributed by atoms with Crippen LogP contribution in [0.15, 0.2) is 52.7 Å². The Bertz CT molecular complexity index is 1030. The first kappa shape index (κ1) is 14.3. The number of hydrogen-bond acceptors (Lipinski definition) is 7. The highest BCUT2D eigenvalue weighted by Gasteiger charge is 2.20. The molecule has 0 saturated heterocycles. The molecule has 0 saturated carbocycles. The molecule has 0 amide bonds. The zero-order valence-electron chi connectivity index (χ0n) is 12.0. The molecular formula is C15H9N4O4S-. The largest absolute Gasteiger partial charge is 0.612 e. The summed E-state index contributed by atoms with van der Waals surface area (Å²) in [5.41, 5.74) is 0.363. The Labute approximate surface area is 138 Å². The maximum absolute atomic E-state index is 11.1. The molecule has 0 radical (unpaired) electrons. The maximum Gasteiger partial charge on any atom is 0.230 e. The van der Waals surface area contributed by atoms with E-state index in [0.29, 0.717) is 27.0 Å². The molecule has 0 atom stereocenters. The number of hydrogen-bond donors (Lipinski definition) is 1. The highest BCUT2D eigenvalue weighted by molar-refractivity contribution is 7.18. The van der Waals surface area contributed by atoms with Crippen LogP contribution < -0.4 is 0 Å². The van der Waals surface area contributed by atoms with E-state index in [1.54, 1.807) is 36.4 Å². The van der Waals surface area contributed by atoms with Gasteiger partial charge in [0, 0.05) is 11.6 Å². The average Bonchev–Trinajstić information content (AvgIpc) is 3.27. The fourth-order valence-electron chi connectivity index (χ4n) is 2.36. The third-order valence-electron chi connectivity index (χ3n) is 3.43. The third-order valence-corrected chi connectivity index (χ3v) is 4.40. The van der Waals surface area contributed by atoms with E-state index in [0.717, 1.165) is 0 Å². The summed E-state index contributed by atoms with van der Waals surface area (Å²) in [7, 11) is 0. The van der Waals surface area contributed by atoms with Gasteiger partial charge in [-0.05, 0) is 24.3 Å². The van der Waals surface area contributed by atoms with Gasteiger partial charge < -0.3 is 19.9 Å². The van der Waals surface area contributed by atoms with Gasteiger partial charge in [0.2, 0.25) is 22.4 Å². The van der Waals surface area contributed by atoms with Crippen LogP contribution in [0.3, 0.4) is 0 Å². The van der Waals surface area contributed by atoms with Crippen molar-refractivity contribution in [3.8, 4) is 17.5 Å². The number of aromatic nitrogens is 3. The Morgan fingerprint density at radius 3 is 2.83 bits per heavy atom. The molecule has 0 fully saturated rings. The number of nitrogens with zero attached hydrogens (tertiary/aromatic N) is 4. The van der Waals surface area contributed by atoms with Crippen LogP contribution >= 0.6 is 11.3 Å². The molecule has 1 aliphatic rings. The summed E-state index contributed by atoms with van der Waals surface area (Å²) in [5, 5.41) is 40.7. The molecule has 4 rings (SSSR count). The van der Waals surface area contributed by atoms with E-state index in [1.807, 2.05) is 0 Å². The molecule has 0 spiro atoms. The lowest BCUT2D eigenvalue weighted by Gasteiger charge is -2.10. The molecule has 1 N–H and O–H groups in total. The van der Waals surface area contributed by atoms with Gasteiger partial charge in [-0.1, -0.05) is 23.5 Å². The van der Waals surface area contributed by atoms with E-state index in [1.165, 1.54) is 28.1 Å². The normalized spacial score (nSPS) is 15.7. The Kier molecular flexibility index (Phi) is 3.21. The van der Waals surface area contributed by atoms with Crippen LogP contribution in [-0.2, 0) is 0 Å². The van der Waals surface area contributed by atoms with Crippen LogP contribution in [-0.4, -0.2) is 30.3 Å². The standard InChI is InChI=1S/C15H9N4O4S/c20-14-12(8-9-4-1-2-5-10(9)19(21)22)24-15-17-16-13(18(14)15)11-6-3-7-23-11/h1-8H,(H-,20,21,22)/q-1. The third kappa shape index (κ3) is 2.18. The van der Waals surface area contributed by atoms with Gasteiger partial charge in [-0.3, -0.25) is 0 Å². The van der Waals surface area contributed by atoms with E-state index in [9.17, 15) is 15.5 Å². The zero-order chi connectivity index (χ0) is 16.7. The summed E-state index contributed by atoms with van der Waals surface area (Å²) in [4.78, 5) is 0.447. The van der Waals surface area contributed by atoms with Gasteiger partial charge in [-0.2, -0.15) is 4.90 Å². The van der Waals surface area contributed by atoms with Crippen LogP contribution in [0.5, 0.6) is 5.88 Å². The van der Waals surface area contributed by atoms with Crippen LogP contribution in [0.1, 0.15) is 4.88 Å². The van der Waals surface area contributed by atoms with Gasteiger partial charge in [0.05, 0.1) is 11.1 Å². The summed E-state index contributed by atoms with van der Waals surface area (Å²) in [6.45, 7) is 0. The second-order valence-corrected chi connectivity index (χ2v) is 5.88. The Morgan fingerprint density at radius 1 is 1.25 bits per heavy atom. The summed E-state index contributed by atoms with van der Waals surface area (Å²) in [6.07, 6.45) is 9.38. The highest BCUT2D eigenvalue weighted by atomic mass is 32.1. The van der Waals surface area contributed by atoms with Crippen molar-refractivity contribution >= 4 is 28.1 Å². The Balaban J connectivity index is 1.86. The van der Waals surface area contributed by atoms with Crippen molar-refractivity contribution in [1.82, 2.24) is 14.6 Å². The van der Waals surface area contributed by atoms with Crippen molar-refractivity contribution in [2.45, 2.75) is 0 Å². The minimum Gasteiger partial charge on any atom is -0.612 e. The monoisotopic (exact) mass is 341 g/mol. The molecule has 0 aliphatic heterocycles. The molecule has 120 valence electrons. The molecular weight excluding hydrogens is 332 g/mol. The molecule has 0 bridgehead atoms. The number of thiazole rings is 1. The molecule has 0 unspecified atom stereocenters. The minimum absolute atomic E-state index is 0.0349. The molecule has 3 aromatic rings. The molecule has 0 aromatic carbocycles. The van der Waals surface area contributed by atoms with Crippen molar-refractivity contribution in [2.24, 2.45) is 0 Å². The molecule has 1 aliphatic carbocycles. The average molecular weight is 341 g/mol. The van der Waals surface area contributed by atoms with E-state index in [-0.39, 0.29) is 11.6 Å². The number of allylic oxidation sites excluding steroid dienone is 5. The van der Waals surface area contributed by atoms with E-state index < -0.39 is 4.90 Å². The number of fused-ring (bicyclic) bond motifs is 1. The van der Waals surface area contributed by atoms with E-state index in [2.05, 4.69) is 10.2 Å². The first-order valence-electron chi connectivity index (χ1n) is 6.84. The van der Waals surface area contributed by atoms with Gasteiger partial charge in [0.1, 0.15) is 0 Å². The molecule has 24 heavy (non-hydrogen) atoms. The van der Waals surface area contributed by atoms with Gasteiger partial charge in [0.25, 0.3) is 0 Å². The molecule has 3 aromatic heterocycles. The predicted octanol–water partition coefficient (Wildman–Crippen LogP) is 2.71. The second kappa shape index (κ2) is 5.39. The molecule has 8 nitrogen and oxygen atoms in total. The lowest BCUT2D eigenvalue weighted by Crippen LogP contribution is -2.11. The minimum atomic E-state index is -0.461. The van der Waals surface area contributed by atoms with Crippen LogP contribution in [0.2, 0.25) is 0 Å². The second-order valence-electron chi connectivity index (χ2n) is 4.87. The quantitative estimate of drug-likeness (QED) is 0.566. The Hall–Kier alpha value is -3.33. The van der Waals surface area contributed by atoms with Gasteiger partial charge >= 0.3 is 0 Å². The lowest BCUT2D eigenvalue weighted by molar-refractivity contribution is -0.377. The zero-order valence-corrected chi connectivity index (χ0v) is 12.8. The van der Waals surface area contributed by atoms with Gasteiger partial charge in [-0.15, -0.1) is 10.2 Å². The van der Waals surface area contributed by atoms with Crippen LogP contribution in [0.25, 0.3) is 22.6 Å². The summed E-state index contributed by atoms with van der Waals surface area (Å²) < 4.78 is 6.74.